The molecule has 3 aromatic rings. The third-order valence-corrected chi connectivity index (χ3v) is 6.57. The number of hydrogen-bond acceptors (Lipinski definition) is 5. The molecule has 4 rings (SSSR count). The molecule has 1 aliphatic heterocycles. The number of anilines is 2. The van der Waals surface area contributed by atoms with E-state index in [1.165, 1.54) is 4.90 Å². The lowest BCUT2D eigenvalue weighted by molar-refractivity contribution is -0.147. The van der Waals surface area contributed by atoms with Crippen LogP contribution in [0.15, 0.2) is 77.3 Å². The second-order valence-corrected chi connectivity index (χ2v) is 9.37. The number of carbonyl (C=O) groups is 4. The van der Waals surface area contributed by atoms with Crippen LogP contribution in [0.3, 0.4) is 0 Å². The topological polar surface area (TPSA) is 92.8 Å². The molecule has 184 valence electrons. The van der Waals surface area contributed by atoms with Gasteiger partial charge in [-0.05, 0) is 48.4 Å². The van der Waals surface area contributed by atoms with Crippen molar-refractivity contribution in [3.8, 4) is 0 Å². The lowest BCUT2D eigenvalue weighted by atomic mass is 10.1. The van der Waals surface area contributed by atoms with E-state index >= 15 is 0 Å². The Hall–Kier alpha value is -3.78. The van der Waals surface area contributed by atoms with Crippen LogP contribution in [-0.4, -0.2) is 36.7 Å². The summed E-state index contributed by atoms with van der Waals surface area (Å²) >= 11 is 3.31. The van der Waals surface area contributed by atoms with Gasteiger partial charge in [0, 0.05) is 39.9 Å². The molecule has 3 aromatic carbocycles. The quantitative estimate of drug-likeness (QED) is 0.314. The van der Waals surface area contributed by atoms with Gasteiger partial charge in [0.25, 0.3) is 5.91 Å². The van der Waals surface area contributed by atoms with Gasteiger partial charge in [0.1, 0.15) is 0 Å². The van der Waals surface area contributed by atoms with Crippen molar-refractivity contribution in [2.24, 2.45) is 5.92 Å². The van der Waals surface area contributed by atoms with Crippen molar-refractivity contribution in [2.45, 2.75) is 19.8 Å². The highest BCUT2D eigenvalue weighted by Crippen LogP contribution is 2.27. The van der Waals surface area contributed by atoms with Gasteiger partial charge in [-0.1, -0.05) is 59.3 Å². The van der Waals surface area contributed by atoms with E-state index in [4.69, 9.17) is 4.74 Å². The highest BCUT2D eigenvalue weighted by molar-refractivity contribution is 9.10. The van der Waals surface area contributed by atoms with Gasteiger partial charge in [-0.3, -0.25) is 19.2 Å². The van der Waals surface area contributed by atoms with Gasteiger partial charge in [-0.15, -0.1) is 0 Å². The summed E-state index contributed by atoms with van der Waals surface area (Å²) in [7, 11) is 0. The normalized spacial score (nSPS) is 15.0. The zero-order chi connectivity index (χ0) is 25.7. The number of hydrogen-bond donors (Lipinski definition) is 1. The number of ether oxygens (including phenoxy) is 1. The zero-order valence-corrected chi connectivity index (χ0v) is 21.3. The summed E-state index contributed by atoms with van der Waals surface area (Å²) in [5.41, 5.74) is 3.13. The van der Waals surface area contributed by atoms with Crippen LogP contribution in [0, 0.1) is 5.92 Å². The van der Waals surface area contributed by atoms with Gasteiger partial charge in [0.2, 0.25) is 5.91 Å². The average Bonchev–Trinajstić information content (AvgIpc) is 3.29. The third-order valence-electron chi connectivity index (χ3n) is 6.04. The number of amides is 2. The van der Waals surface area contributed by atoms with Crippen LogP contribution in [0.25, 0.3) is 0 Å². The van der Waals surface area contributed by atoms with Crippen molar-refractivity contribution >= 4 is 50.9 Å². The largest absolute Gasteiger partial charge is 0.457 e. The molecule has 7 nitrogen and oxygen atoms in total. The number of rotatable bonds is 8. The lowest BCUT2D eigenvalue weighted by Crippen LogP contribution is -2.27. The maximum atomic E-state index is 12.9. The Morgan fingerprint density at radius 3 is 2.50 bits per heavy atom. The second-order valence-electron chi connectivity index (χ2n) is 8.46. The van der Waals surface area contributed by atoms with E-state index in [0.717, 1.165) is 22.1 Å². The molecule has 1 aliphatic rings. The summed E-state index contributed by atoms with van der Waals surface area (Å²) in [5, 5.41) is 2.93. The number of para-hydroxylation sites is 1. The summed E-state index contributed by atoms with van der Waals surface area (Å²) in [4.78, 5) is 51.9. The minimum Gasteiger partial charge on any atom is -0.457 e. The number of carbonyl (C=O) groups excluding carboxylic acids is 4. The molecule has 0 aromatic heterocycles. The Morgan fingerprint density at radius 2 is 1.75 bits per heavy atom. The number of nitrogens with one attached hydrogen (secondary N) is 1. The predicted octanol–water partition coefficient (Wildman–Crippen LogP) is 5.04. The van der Waals surface area contributed by atoms with E-state index in [0.29, 0.717) is 16.8 Å². The highest BCUT2D eigenvalue weighted by Gasteiger charge is 2.36. The van der Waals surface area contributed by atoms with Crippen LogP contribution in [0.2, 0.25) is 0 Å². The summed E-state index contributed by atoms with van der Waals surface area (Å²) in [6.07, 6.45) is 0.761. The van der Waals surface area contributed by atoms with E-state index in [2.05, 4.69) is 21.2 Å². The van der Waals surface area contributed by atoms with Crippen molar-refractivity contribution in [1.82, 2.24) is 0 Å². The number of aryl methyl sites for hydroxylation is 1. The first-order valence-corrected chi connectivity index (χ1v) is 12.4. The molecule has 0 aliphatic carbocycles. The molecule has 1 unspecified atom stereocenters. The fraction of sp³-hybridized carbons (Fsp3) is 0.214. The molecule has 0 spiro atoms. The summed E-state index contributed by atoms with van der Waals surface area (Å²) in [5.74, 6) is -2.14. The van der Waals surface area contributed by atoms with E-state index in [1.54, 1.807) is 48.5 Å². The maximum Gasteiger partial charge on any atom is 0.311 e. The maximum absolute atomic E-state index is 12.9. The molecule has 0 bridgehead atoms. The highest BCUT2D eigenvalue weighted by atomic mass is 79.9. The molecule has 0 saturated carbocycles. The number of nitrogens with zero attached hydrogens (tertiary/aromatic N) is 1. The summed E-state index contributed by atoms with van der Waals surface area (Å²) in [6, 6.07) is 21.1. The molecule has 8 heteroatoms. The zero-order valence-electron chi connectivity index (χ0n) is 19.7. The van der Waals surface area contributed by atoms with Crippen molar-refractivity contribution in [3.63, 3.8) is 0 Å². The summed E-state index contributed by atoms with van der Waals surface area (Å²) in [6.45, 7) is 1.75. The number of benzene rings is 3. The van der Waals surface area contributed by atoms with E-state index < -0.39 is 11.9 Å². The van der Waals surface area contributed by atoms with Crippen LogP contribution >= 0.6 is 15.9 Å². The van der Waals surface area contributed by atoms with Crippen LogP contribution < -0.4 is 10.2 Å². The smallest absolute Gasteiger partial charge is 0.311 e. The van der Waals surface area contributed by atoms with Crippen molar-refractivity contribution in [3.05, 3.63) is 94.0 Å². The monoisotopic (exact) mass is 548 g/mol. The molecule has 36 heavy (non-hydrogen) atoms. The Morgan fingerprint density at radius 1 is 1.00 bits per heavy atom. The molecule has 1 N–H and O–H groups in total. The fourth-order valence-corrected chi connectivity index (χ4v) is 4.31. The first-order chi connectivity index (χ1) is 17.4. The van der Waals surface area contributed by atoms with E-state index in [-0.39, 0.29) is 37.2 Å². The lowest BCUT2D eigenvalue weighted by Gasteiger charge is -2.17. The van der Waals surface area contributed by atoms with Gasteiger partial charge in [-0.2, -0.15) is 0 Å². The average molecular weight is 549 g/mol. The van der Waals surface area contributed by atoms with Crippen molar-refractivity contribution in [1.29, 1.82) is 0 Å². The second kappa shape index (κ2) is 11.3. The van der Waals surface area contributed by atoms with Crippen LogP contribution in [0.4, 0.5) is 11.4 Å². The number of halogens is 1. The van der Waals surface area contributed by atoms with Gasteiger partial charge in [-0.25, -0.2) is 0 Å². The van der Waals surface area contributed by atoms with E-state index in [1.807, 2.05) is 31.2 Å². The number of Topliss-reactive ketones (excluding diaryl/α,β-unsaturated/α-hetero) is 1. The molecule has 0 radical (unpaired) electrons. The van der Waals surface area contributed by atoms with Crippen LogP contribution in [-0.2, 0) is 20.7 Å². The number of ketones is 1. The number of esters is 1. The van der Waals surface area contributed by atoms with Gasteiger partial charge >= 0.3 is 5.97 Å². The molecule has 1 fully saturated rings. The SMILES string of the molecule is CCc1ccccc1NC(=O)c1cccc(N2CC(C(=O)OCC(=O)c3ccc(Br)cc3)CC2=O)c1. The predicted molar refractivity (Wildman–Crippen MR) is 140 cm³/mol. The molecule has 1 atom stereocenters. The van der Waals surface area contributed by atoms with Crippen LogP contribution in [0.5, 0.6) is 0 Å². The van der Waals surface area contributed by atoms with Crippen molar-refractivity contribution in [2.75, 3.05) is 23.4 Å². The van der Waals surface area contributed by atoms with Gasteiger partial charge < -0.3 is 15.0 Å². The third kappa shape index (κ3) is 5.88. The summed E-state index contributed by atoms with van der Waals surface area (Å²) < 4.78 is 6.05. The van der Waals surface area contributed by atoms with Gasteiger partial charge in [0.15, 0.2) is 12.4 Å². The van der Waals surface area contributed by atoms with Crippen LogP contribution in [0.1, 0.15) is 39.6 Å². The fourth-order valence-electron chi connectivity index (χ4n) is 4.05. The van der Waals surface area contributed by atoms with Gasteiger partial charge in [0.05, 0.1) is 5.92 Å². The Bertz CT molecular complexity index is 1310. The molecule has 2 amide bonds. The standard InChI is InChI=1S/C28H25BrN2O5/c1-2-18-6-3-4-9-24(18)30-27(34)20-7-5-8-23(14-20)31-16-21(15-26(31)33)28(35)36-17-25(32)19-10-12-22(29)13-11-19/h3-14,21H,2,15-17H2,1H3,(H,30,34). The molecule has 1 saturated heterocycles. The first-order valence-electron chi connectivity index (χ1n) is 11.6. The van der Waals surface area contributed by atoms with E-state index in [9.17, 15) is 19.2 Å². The first kappa shape index (κ1) is 25.3. The Balaban J connectivity index is 1.38. The molecular formula is C28H25BrN2O5. The minimum absolute atomic E-state index is 0.0222. The Labute approximate surface area is 217 Å². The van der Waals surface area contributed by atoms with Crippen molar-refractivity contribution < 1.29 is 23.9 Å². The molecular weight excluding hydrogens is 524 g/mol. The Kier molecular flexibility index (Phi) is 7.95. The molecule has 1 heterocycles. The minimum atomic E-state index is -0.691.